The van der Waals surface area contributed by atoms with Gasteiger partial charge in [0.2, 0.25) is 0 Å². The van der Waals surface area contributed by atoms with Gasteiger partial charge in [-0.3, -0.25) is 9.59 Å². The Morgan fingerprint density at radius 2 is 2.17 bits per heavy atom. The first-order valence-corrected chi connectivity index (χ1v) is 7.52. The third-order valence-corrected chi connectivity index (χ3v) is 3.47. The second-order valence-electron chi connectivity index (χ2n) is 5.06. The predicted octanol–water partition coefficient (Wildman–Crippen LogP) is 2.40. The van der Waals surface area contributed by atoms with Crippen LogP contribution in [-0.2, 0) is 6.54 Å². The molecule has 1 aromatic carbocycles. The Kier molecular flexibility index (Phi) is 5.39. The fourth-order valence-corrected chi connectivity index (χ4v) is 2.33. The van der Waals surface area contributed by atoms with Crippen molar-refractivity contribution < 1.29 is 9.53 Å². The zero-order chi connectivity index (χ0) is 17.0. The van der Waals surface area contributed by atoms with E-state index in [1.165, 1.54) is 11.1 Å². The number of carbonyl (C=O) groups excluding carboxylic acids is 1. The van der Waals surface area contributed by atoms with Crippen LogP contribution in [0.2, 0.25) is 5.02 Å². The summed E-state index contributed by atoms with van der Waals surface area (Å²) in [5.41, 5.74) is 0.315. The van der Waals surface area contributed by atoms with E-state index in [1.807, 2.05) is 6.92 Å². The van der Waals surface area contributed by atoms with Crippen LogP contribution in [0.1, 0.15) is 28.7 Å². The van der Waals surface area contributed by atoms with Gasteiger partial charge in [0, 0.05) is 30.4 Å². The smallest absolute Gasteiger partial charge is 0.263 e. The lowest BCUT2D eigenvalue weighted by Gasteiger charge is -2.19. The molecule has 122 valence electrons. The molecule has 0 aliphatic heterocycles. The number of H-pyrrole nitrogens is 1. The Labute approximate surface area is 139 Å². The first kappa shape index (κ1) is 17.0. The number of nitrogens with zero attached hydrogens (tertiary/aromatic N) is 2. The minimum atomic E-state index is -0.453. The van der Waals surface area contributed by atoms with Gasteiger partial charge in [-0.15, -0.1) is 0 Å². The predicted molar refractivity (Wildman–Crippen MR) is 88.0 cm³/mol. The van der Waals surface area contributed by atoms with Crippen molar-refractivity contribution in [3.63, 3.8) is 0 Å². The Hall–Kier alpha value is -2.34. The molecule has 7 heteroatoms. The number of amides is 1. The number of benzene rings is 1. The zero-order valence-electron chi connectivity index (χ0n) is 13.2. The quantitative estimate of drug-likeness (QED) is 0.910. The Balaban J connectivity index is 2.24. The maximum Gasteiger partial charge on any atom is 0.263 e. The van der Waals surface area contributed by atoms with Crippen LogP contribution in [0, 0.1) is 6.92 Å². The molecular formula is C16H18ClN3O3. The minimum absolute atomic E-state index is 0.00177. The molecule has 0 saturated heterocycles. The van der Waals surface area contributed by atoms with Gasteiger partial charge < -0.3 is 14.6 Å². The molecule has 0 spiro atoms. The van der Waals surface area contributed by atoms with Crippen LogP contribution in [0.5, 0.6) is 5.75 Å². The van der Waals surface area contributed by atoms with E-state index in [9.17, 15) is 9.59 Å². The first-order valence-electron chi connectivity index (χ1n) is 7.15. The number of rotatable bonds is 5. The SMILES string of the molecule is CCOc1ccc(Cl)cc1CN(C)C(=O)c1cnc(C)[nH]c1=O. The van der Waals surface area contributed by atoms with Gasteiger partial charge in [0.15, 0.2) is 0 Å². The Bertz CT molecular complexity index is 773. The van der Waals surface area contributed by atoms with E-state index >= 15 is 0 Å². The van der Waals surface area contributed by atoms with Crippen molar-refractivity contribution in [1.82, 2.24) is 14.9 Å². The van der Waals surface area contributed by atoms with Gasteiger partial charge in [-0.05, 0) is 32.0 Å². The fourth-order valence-electron chi connectivity index (χ4n) is 2.14. The van der Waals surface area contributed by atoms with E-state index in [0.717, 1.165) is 5.56 Å². The molecule has 2 rings (SSSR count). The van der Waals surface area contributed by atoms with Crippen molar-refractivity contribution in [3.05, 3.63) is 56.7 Å². The molecular weight excluding hydrogens is 318 g/mol. The summed E-state index contributed by atoms with van der Waals surface area (Å²) in [6, 6.07) is 5.24. The lowest BCUT2D eigenvalue weighted by atomic mass is 10.1. The number of halogens is 1. The number of aromatic amines is 1. The second-order valence-corrected chi connectivity index (χ2v) is 5.49. The summed E-state index contributed by atoms with van der Waals surface area (Å²) in [5, 5.41) is 0.555. The summed E-state index contributed by atoms with van der Waals surface area (Å²) < 4.78 is 5.54. The molecule has 0 bridgehead atoms. The summed E-state index contributed by atoms with van der Waals surface area (Å²) in [6.07, 6.45) is 1.29. The van der Waals surface area contributed by atoms with Gasteiger partial charge in [0.1, 0.15) is 17.1 Å². The third-order valence-electron chi connectivity index (χ3n) is 3.23. The van der Waals surface area contributed by atoms with Crippen LogP contribution in [0.25, 0.3) is 0 Å². The van der Waals surface area contributed by atoms with Crippen LogP contribution in [0.15, 0.2) is 29.2 Å². The van der Waals surface area contributed by atoms with Crippen molar-refractivity contribution in [2.45, 2.75) is 20.4 Å². The third kappa shape index (κ3) is 4.10. The minimum Gasteiger partial charge on any atom is -0.494 e. The molecule has 0 aliphatic carbocycles. The Morgan fingerprint density at radius 3 is 2.83 bits per heavy atom. The van der Waals surface area contributed by atoms with Crippen molar-refractivity contribution >= 4 is 17.5 Å². The van der Waals surface area contributed by atoms with Crippen LogP contribution >= 0.6 is 11.6 Å². The normalized spacial score (nSPS) is 10.4. The van der Waals surface area contributed by atoms with E-state index in [-0.39, 0.29) is 12.1 Å². The van der Waals surface area contributed by atoms with Crippen molar-refractivity contribution in [2.24, 2.45) is 0 Å². The number of aromatic nitrogens is 2. The number of hydrogen-bond donors (Lipinski definition) is 1. The largest absolute Gasteiger partial charge is 0.494 e. The lowest BCUT2D eigenvalue weighted by Crippen LogP contribution is -2.32. The van der Waals surface area contributed by atoms with E-state index < -0.39 is 11.5 Å². The Morgan fingerprint density at radius 1 is 1.43 bits per heavy atom. The monoisotopic (exact) mass is 335 g/mol. The highest BCUT2D eigenvalue weighted by atomic mass is 35.5. The molecule has 1 aromatic heterocycles. The molecule has 2 aromatic rings. The van der Waals surface area contributed by atoms with Crippen molar-refractivity contribution in [3.8, 4) is 5.75 Å². The summed E-state index contributed by atoms with van der Waals surface area (Å²) in [6.45, 7) is 4.31. The highest BCUT2D eigenvalue weighted by Gasteiger charge is 2.18. The number of carbonyl (C=O) groups is 1. The average Bonchev–Trinajstić information content (AvgIpc) is 2.49. The van der Waals surface area contributed by atoms with Gasteiger partial charge in [0.05, 0.1) is 6.61 Å². The molecule has 23 heavy (non-hydrogen) atoms. The van der Waals surface area contributed by atoms with Crippen LogP contribution in [0.4, 0.5) is 0 Å². The summed E-state index contributed by atoms with van der Waals surface area (Å²) >= 11 is 6.02. The molecule has 0 fully saturated rings. The van der Waals surface area contributed by atoms with Gasteiger partial charge in [0.25, 0.3) is 11.5 Å². The number of nitrogens with one attached hydrogen (secondary N) is 1. The number of ether oxygens (including phenoxy) is 1. The van der Waals surface area contributed by atoms with E-state index in [0.29, 0.717) is 23.2 Å². The van der Waals surface area contributed by atoms with Gasteiger partial charge in [-0.25, -0.2) is 4.98 Å². The van der Waals surface area contributed by atoms with Gasteiger partial charge in [-0.2, -0.15) is 0 Å². The maximum absolute atomic E-state index is 12.4. The van der Waals surface area contributed by atoms with Crippen LogP contribution in [-0.4, -0.2) is 34.4 Å². The number of aryl methyl sites for hydroxylation is 1. The molecule has 0 aliphatic rings. The molecule has 0 atom stereocenters. The van der Waals surface area contributed by atoms with E-state index in [4.69, 9.17) is 16.3 Å². The second kappa shape index (κ2) is 7.28. The molecule has 0 radical (unpaired) electrons. The fraction of sp³-hybridized carbons (Fsp3) is 0.312. The zero-order valence-corrected chi connectivity index (χ0v) is 14.0. The van der Waals surface area contributed by atoms with Gasteiger partial charge >= 0.3 is 0 Å². The number of hydrogen-bond acceptors (Lipinski definition) is 4. The highest BCUT2D eigenvalue weighted by Crippen LogP contribution is 2.24. The van der Waals surface area contributed by atoms with E-state index in [2.05, 4.69) is 9.97 Å². The summed E-state index contributed by atoms with van der Waals surface area (Å²) in [4.78, 5) is 32.2. The lowest BCUT2D eigenvalue weighted by molar-refractivity contribution is 0.0781. The maximum atomic E-state index is 12.4. The van der Waals surface area contributed by atoms with Crippen molar-refractivity contribution in [1.29, 1.82) is 0 Å². The molecule has 1 heterocycles. The van der Waals surface area contributed by atoms with Crippen LogP contribution < -0.4 is 10.3 Å². The molecule has 0 unspecified atom stereocenters. The highest BCUT2D eigenvalue weighted by molar-refractivity contribution is 6.30. The molecule has 1 N–H and O–H groups in total. The van der Waals surface area contributed by atoms with Gasteiger partial charge in [-0.1, -0.05) is 11.6 Å². The summed E-state index contributed by atoms with van der Waals surface area (Å²) in [5.74, 6) is 0.705. The summed E-state index contributed by atoms with van der Waals surface area (Å²) in [7, 11) is 1.61. The molecule has 1 amide bonds. The van der Waals surface area contributed by atoms with Crippen molar-refractivity contribution in [2.75, 3.05) is 13.7 Å². The van der Waals surface area contributed by atoms with E-state index in [1.54, 1.807) is 32.2 Å². The molecule has 6 nitrogen and oxygen atoms in total. The average molecular weight is 336 g/mol. The first-order chi connectivity index (χ1) is 10.9. The standard InChI is InChI=1S/C16H18ClN3O3/c1-4-23-14-6-5-12(17)7-11(14)9-20(3)16(22)13-8-18-10(2)19-15(13)21/h5-8H,4,9H2,1-3H3,(H,18,19,21). The molecule has 0 saturated carbocycles. The van der Waals surface area contributed by atoms with Crippen LogP contribution in [0.3, 0.4) is 0 Å². The topological polar surface area (TPSA) is 75.3 Å².